The highest BCUT2D eigenvalue weighted by atomic mass is 79.9. The van der Waals surface area contributed by atoms with Crippen LogP contribution in [0.2, 0.25) is 5.02 Å². The zero-order valence-electron chi connectivity index (χ0n) is 6.60. The van der Waals surface area contributed by atoms with Crippen LogP contribution in [0.1, 0.15) is 23.7 Å². The standard InChI is InChI=1S/C9H8BrClO/c1-2-9(12)6-3-7(10)5-8(11)4-6/h3-5H,2H2,1H3. The fraction of sp³-hybridized carbons (Fsp3) is 0.222. The Kier molecular flexibility index (Phi) is 3.29. The summed E-state index contributed by atoms with van der Waals surface area (Å²) in [5, 5.41) is 0.584. The lowest BCUT2D eigenvalue weighted by atomic mass is 10.1. The molecule has 0 saturated carbocycles. The van der Waals surface area contributed by atoms with Gasteiger partial charge in [0, 0.05) is 21.5 Å². The van der Waals surface area contributed by atoms with Crippen molar-refractivity contribution in [1.29, 1.82) is 0 Å². The molecule has 1 aromatic rings. The molecule has 1 aromatic carbocycles. The van der Waals surface area contributed by atoms with Gasteiger partial charge in [0.25, 0.3) is 0 Å². The second-order valence-electron chi connectivity index (χ2n) is 2.43. The molecule has 0 fully saturated rings. The van der Waals surface area contributed by atoms with E-state index in [1.807, 2.05) is 6.92 Å². The molecule has 0 atom stereocenters. The maximum Gasteiger partial charge on any atom is 0.162 e. The molecule has 0 radical (unpaired) electrons. The number of hydrogen-bond donors (Lipinski definition) is 0. The average molecular weight is 248 g/mol. The number of carbonyl (C=O) groups is 1. The molecule has 0 spiro atoms. The van der Waals surface area contributed by atoms with Crippen LogP contribution in [-0.4, -0.2) is 5.78 Å². The molecule has 0 bridgehead atoms. The Morgan fingerprint density at radius 2 is 2.17 bits per heavy atom. The summed E-state index contributed by atoms with van der Waals surface area (Å²) in [6.07, 6.45) is 0.507. The van der Waals surface area contributed by atoms with E-state index in [9.17, 15) is 4.79 Å². The van der Waals surface area contributed by atoms with E-state index in [-0.39, 0.29) is 5.78 Å². The van der Waals surface area contributed by atoms with Gasteiger partial charge < -0.3 is 0 Å². The number of hydrogen-bond acceptors (Lipinski definition) is 1. The van der Waals surface area contributed by atoms with E-state index < -0.39 is 0 Å². The van der Waals surface area contributed by atoms with Gasteiger partial charge in [0.1, 0.15) is 0 Å². The summed E-state index contributed by atoms with van der Waals surface area (Å²) in [7, 11) is 0. The normalized spacial score (nSPS) is 9.92. The van der Waals surface area contributed by atoms with Gasteiger partial charge in [0.2, 0.25) is 0 Å². The van der Waals surface area contributed by atoms with E-state index in [4.69, 9.17) is 11.6 Å². The summed E-state index contributed by atoms with van der Waals surface area (Å²) >= 11 is 9.04. The van der Waals surface area contributed by atoms with Crippen molar-refractivity contribution in [2.24, 2.45) is 0 Å². The molecule has 0 aromatic heterocycles. The fourth-order valence-corrected chi connectivity index (χ4v) is 1.78. The Bertz CT molecular complexity index is 289. The maximum absolute atomic E-state index is 11.2. The molecule has 64 valence electrons. The number of halogens is 2. The first kappa shape index (κ1) is 9.75. The molecule has 3 heteroatoms. The van der Waals surface area contributed by atoms with Crippen molar-refractivity contribution < 1.29 is 4.79 Å². The summed E-state index contributed by atoms with van der Waals surface area (Å²) in [6.45, 7) is 1.83. The lowest BCUT2D eigenvalue weighted by Gasteiger charge is -1.99. The molecule has 0 unspecified atom stereocenters. The molecule has 12 heavy (non-hydrogen) atoms. The minimum Gasteiger partial charge on any atom is -0.294 e. The van der Waals surface area contributed by atoms with Crippen molar-refractivity contribution in [2.75, 3.05) is 0 Å². The van der Waals surface area contributed by atoms with Gasteiger partial charge >= 0.3 is 0 Å². The summed E-state index contributed by atoms with van der Waals surface area (Å²) < 4.78 is 0.840. The summed E-state index contributed by atoms with van der Waals surface area (Å²) in [5.41, 5.74) is 0.664. The van der Waals surface area contributed by atoms with Crippen molar-refractivity contribution in [3.8, 4) is 0 Å². The van der Waals surface area contributed by atoms with Crippen LogP contribution in [0.25, 0.3) is 0 Å². The molecule has 0 aliphatic rings. The van der Waals surface area contributed by atoms with E-state index in [1.165, 1.54) is 0 Å². The van der Waals surface area contributed by atoms with Gasteiger partial charge in [0.05, 0.1) is 0 Å². The van der Waals surface area contributed by atoms with Crippen LogP contribution in [0.5, 0.6) is 0 Å². The Hall–Kier alpha value is -0.340. The van der Waals surface area contributed by atoms with Crippen molar-refractivity contribution in [1.82, 2.24) is 0 Å². The number of benzene rings is 1. The lowest BCUT2D eigenvalue weighted by Crippen LogP contribution is -1.95. The zero-order valence-corrected chi connectivity index (χ0v) is 8.95. The summed E-state index contributed by atoms with van der Waals surface area (Å²) in [4.78, 5) is 11.2. The van der Waals surface area contributed by atoms with Gasteiger partial charge in [-0.05, 0) is 18.2 Å². The first-order chi connectivity index (χ1) is 5.63. The molecule has 0 N–H and O–H groups in total. The summed E-state index contributed by atoms with van der Waals surface area (Å²) in [5.74, 6) is 0.109. The highest BCUT2D eigenvalue weighted by molar-refractivity contribution is 9.10. The second kappa shape index (κ2) is 4.06. The average Bonchev–Trinajstić information content (AvgIpc) is 2.01. The van der Waals surface area contributed by atoms with Gasteiger partial charge in [-0.15, -0.1) is 0 Å². The molecular formula is C9H8BrClO. The fourth-order valence-electron chi connectivity index (χ4n) is 0.919. The molecule has 1 rings (SSSR count). The topological polar surface area (TPSA) is 17.1 Å². The molecule has 0 aliphatic heterocycles. The van der Waals surface area contributed by atoms with Gasteiger partial charge in [0.15, 0.2) is 5.78 Å². The van der Waals surface area contributed by atoms with Gasteiger partial charge in [-0.1, -0.05) is 34.5 Å². The number of rotatable bonds is 2. The molecule has 0 amide bonds. The highest BCUT2D eigenvalue weighted by Gasteiger charge is 2.04. The van der Waals surface area contributed by atoms with E-state index in [0.29, 0.717) is 17.0 Å². The largest absolute Gasteiger partial charge is 0.294 e. The lowest BCUT2D eigenvalue weighted by molar-refractivity contribution is 0.0988. The molecule has 0 heterocycles. The molecule has 0 saturated heterocycles. The van der Waals surface area contributed by atoms with Gasteiger partial charge in [-0.25, -0.2) is 0 Å². The monoisotopic (exact) mass is 246 g/mol. The maximum atomic E-state index is 11.2. The Balaban J connectivity index is 3.08. The number of Topliss-reactive ketones (excluding diaryl/α,β-unsaturated/α-hetero) is 1. The van der Waals surface area contributed by atoms with Crippen molar-refractivity contribution in [3.05, 3.63) is 33.3 Å². The quantitative estimate of drug-likeness (QED) is 0.728. The highest BCUT2D eigenvalue weighted by Crippen LogP contribution is 2.20. The molecular weight excluding hydrogens is 239 g/mol. The van der Waals surface area contributed by atoms with Gasteiger partial charge in [-0.2, -0.15) is 0 Å². The van der Waals surface area contributed by atoms with Crippen molar-refractivity contribution >= 4 is 33.3 Å². The van der Waals surface area contributed by atoms with Crippen LogP contribution in [-0.2, 0) is 0 Å². The van der Waals surface area contributed by atoms with E-state index in [0.717, 1.165) is 4.47 Å². The first-order valence-electron chi connectivity index (χ1n) is 3.62. The number of carbonyl (C=O) groups excluding carboxylic acids is 1. The first-order valence-corrected chi connectivity index (χ1v) is 4.80. The van der Waals surface area contributed by atoms with Gasteiger partial charge in [-0.3, -0.25) is 4.79 Å². The SMILES string of the molecule is CCC(=O)c1cc(Cl)cc(Br)c1. The Morgan fingerprint density at radius 1 is 1.50 bits per heavy atom. The zero-order chi connectivity index (χ0) is 9.14. The molecule has 1 nitrogen and oxygen atoms in total. The third-order valence-electron chi connectivity index (χ3n) is 1.51. The van der Waals surface area contributed by atoms with Crippen LogP contribution in [0.15, 0.2) is 22.7 Å². The van der Waals surface area contributed by atoms with Crippen molar-refractivity contribution in [3.63, 3.8) is 0 Å². The third kappa shape index (κ3) is 2.32. The van der Waals surface area contributed by atoms with E-state index in [2.05, 4.69) is 15.9 Å². The van der Waals surface area contributed by atoms with Crippen LogP contribution in [0.4, 0.5) is 0 Å². The van der Waals surface area contributed by atoms with E-state index in [1.54, 1.807) is 18.2 Å². The minimum absolute atomic E-state index is 0.109. The van der Waals surface area contributed by atoms with Crippen LogP contribution in [0, 0.1) is 0 Å². The van der Waals surface area contributed by atoms with Crippen LogP contribution >= 0.6 is 27.5 Å². The Labute approximate surface area is 84.9 Å². The van der Waals surface area contributed by atoms with E-state index >= 15 is 0 Å². The molecule has 0 aliphatic carbocycles. The third-order valence-corrected chi connectivity index (χ3v) is 2.18. The second-order valence-corrected chi connectivity index (χ2v) is 3.79. The summed E-state index contributed by atoms with van der Waals surface area (Å²) in [6, 6.07) is 5.21. The van der Waals surface area contributed by atoms with Crippen LogP contribution in [0.3, 0.4) is 0 Å². The smallest absolute Gasteiger partial charge is 0.162 e. The minimum atomic E-state index is 0.109. The predicted octanol–water partition coefficient (Wildman–Crippen LogP) is 3.70. The number of ketones is 1. The van der Waals surface area contributed by atoms with Crippen LogP contribution < -0.4 is 0 Å². The Morgan fingerprint density at radius 3 is 2.67 bits per heavy atom. The predicted molar refractivity (Wildman–Crippen MR) is 53.8 cm³/mol. The van der Waals surface area contributed by atoms with Crippen molar-refractivity contribution in [2.45, 2.75) is 13.3 Å².